The van der Waals surface area contributed by atoms with E-state index < -0.39 is 47.5 Å². The molecule has 0 unspecified atom stereocenters. The van der Waals surface area contributed by atoms with Gasteiger partial charge in [0.05, 0.1) is 0 Å². The lowest BCUT2D eigenvalue weighted by molar-refractivity contribution is -0.144. The molecule has 8 N–H and O–H groups in total. The Hall–Kier alpha value is -5.60. The molecule has 60 heavy (non-hydrogen) atoms. The standard InChI is InChI=1S/C46H54ClN5O8/c1-28-23-40(54)43(52(2)45(56)32(7-5-6-18-48)27-39(53)35-9-4-3-8-34(35)30-11-14-33(47)15-12-30)31-13-17-42(60-22-20-50)37(26-31)36-24-29(10-16-41(36)59-21-19-49)25-38(46(57)58)51-44(28)55/h3-4,8-17,24,26,28,32,38,43H,5-7,18-23,25,27,48-50H2,1-2H3,(H,51,55)(H,57,58)/t28-,32-,38+,43+/m1/s1. The minimum absolute atomic E-state index is 0.0567. The number of carboxylic acid groups (broad SMARTS) is 1. The molecule has 0 fully saturated rings. The number of rotatable bonds is 17. The number of hydrogen-bond acceptors (Lipinski definition) is 10. The molecule has 0 saturated carbocycles. The Bertz CT molecular complexity index is 2160. The number of carbonyl (C=O) groups excluding carboxylic acids is 4. The smallest absolute Gasteiger partial charge is 0.326 e. The summed E-state index contributed by atoms with van der Waals surface area (Å²) in [5.74, 6) is -3.98. The van der Waals surface area contributed by atoms with Gasteiger partial charge < -0.3 is 42.0 Å². The predicted octanol–water partition coefficient (Wildman–Crippen LogP) is 5.59. The van der Waals surface area contributed by atoms with E-state index in [1.54, 1.807) is 67.6 Å². The van der Waals surface area contributed by atoms with Crippen LogP contribution in [0.15, 0.2) is 84.9 Å². The highest BCUT2D eigenvalue weighted by Crippen LogP contribution is 2.41. The van der Waals surface area contributed by atoms with E-state index in [-0.39, 0.29) is 51.3 Å². The molecule has 4 aromatic carbocycles. The molecule has 0 aliphatic carbocycles. The Balaban J connectivity index is 1.62. The van der Waals surface area contributed by atoms with E-state index in [1.165, 1.54) is 11.9 Å². The fourth-order valence-electron chi connectivity index (χ4n) is 7.52. The number of hydrogen-bond donors (Lipinski definition) is 5. The van der Waals surface area contributed by atoms with Crippen LogP contribution in [-0.2, 0) is 25.6 Å². The summed E-state index contributed by atoms with van der Waals surface area (Å²) in [6.45, 7) is 2.70. The van der Waals surface area contributed by atoms with Crippen molar-refractivity contribution in [3.8, 4) is 33.8 Å². The number of likely N-dealkylation sites (N-methyl/N-ethyl adjacent to an activating group) is 1. The van der Waals surface area contributed by atoms with Crippen molar-refractivity contribution in [2.75, 3.05) is 39.9 Å². The van der Waals surface area contributed by atoms with Gasteiger partial charge in [0.1, 0.15) is 36.8 Å². The monoisotopic (exact) mass is 839 g/mol. The first kappa shape index (κ1) is 45.5. The molecule has 2 amide bonds. The van der Waals surface area contributed by atoms with Crippen molar-refractivity contribution >= 4 is 41.0 Å². The highest BCUT2D eigenvalue weighted by molar-refractivity contribution is 6.30. The van der Waals surface area contributed by atoms with E-state index in [0.717, 1.165) is 5.56 Å². The Morgan fingerprint density at radius 3 is 2.13 bits per heavy atom. The first-order valence-electron chi connectivity index (χ1n) is 20.2. The van der Waals surface area contributed by atoms with Crippen LogP contribution in [0.3, 0.4) is 0 Å². The zero-order chi connectivity index (χ0) is 43.3. The molecule has 1 aliphatic heterocycles. The lowest BCUT2D eigenvalue weighted by atomic mass is 9.87. The lowest BCUT2D eigenvalue weighted by Gasteiger charge is -2.32. The number of Topliss-reactive ketones (excluding diaryl/α,β-unsaturated/α-hetero) is 2. The van der Waals surface area contributed by atoms with Crippen LogP contribution in [0.25, 0.3) is 22.3 Å². The third-order valence-corrected chi connectivity index (χ3v) is 10.9. The summed E-state index contributed by atoms with van der Waals surface area (Å²) >= 11 is 6.15. The van der Waals surface area contributed by atoms with Gasteiger partial charge in [0.15, 0.2) is 11.6 Å². The third kappa shape index (κ3) is 11.4. The van der Waals surface area contributed by atoms with Crippen LogP contribution in [0.2, 0.25) is 5.02 Å². The van der Waals surface area contributed by atoms with Crippen LogP contribution in [0.4, 0.5) is 0 Å². The second kappa shape index (κ2) is 21.6. The van der Waals surface area contributed by atoms with Gasteiger partial charge in [-0.25, -0.2) is 4.79 Å². The molecule has 0 spiro atoms. The van der Waals surface area contributed by atoms with E-state index in [2.05, 4.69) is 5.32 Å². The van der Waals surface area contributed by atoms with Gasteiger partial charge in [0, 0.05) is 72.9 Å². The van der Waals surface area contributed by atoms with Gasteiger partial charge in [0.25, 0.3) is 0 Å². The van der Waals surface area contributed by atoms with Gasteiger partial charge in [0.2, 0.25) is 11.8 Å². The maximum atomic E-state index is 14.9. The van der Waals surface area contributed by atoms with Crippen molar-refractivity contribution < 1.29 is 38.6 Å². The Morgan fingerprint density at radius 2 is 1.48 bits per heavy atom. The number of benzene rings is 4. The van der Waals surface area contributed by atoms with Crippen LogP contribution in [0, 0.1) is 11.8 Å². The fraction of sp³-hybridized carbons (Fsp3) is 0.370. The Morgan fingerprint density at radius 1 is 0.833 bits per heavy atom. The Labute approximate surface area is 355 Å². The van der Waals surface area contributed by atoms with Gasteiger partial charge in [-0.3, -0.25) is 19.2 Å². The van der Waals surface area contributed by atoms with Crippen LogP contribution < -0.4 is 32.0 Å². The van der Waals surface area contributed by atoms with Gasteiger partial charge in [-0.05, 0) is 78.0 Å². The number of nitrogens with two attached hydrogens (primary N) is 3. The Kier molecular flexibility index (Phi) is 16.4. The minimum Gasteiger partial charge on any atom is -0.492 e. The highest BCUT2D eigenvalue weighted by Gasteiger charge is 2.36. The van der Waals surface area contributed by atoms with Crippen LogP contribution in [-0.4, -0.2) is 85.3 Å². The summed E-state index contributed by atoms with van der Waals surface area (Å²) in [6, 6.07) is 22.1. The molecule has 4 aromatic rings. The van der Waals surface area contributed by atoms with E-state index >= 15 is 0 Å². The number of carbonyl (C=O) groups is 5. The van der Waals surface area contributed by atoms with E-state index in [4.69, 9.17) is 38.3 Å². The number of ketones is 2. The molecular weight excluding hydrogens is 786 g/mol. The number of fused-ring (bicyclic) bond motifs is 5. The van der Waals surface area contributed by atoms with Crippen molar-refractivity contribution in [2.45, 2.75) is 57.5 Å². The number of unbranched alkanes of at least 4 members (excludes halogenated alkanes) is 1. The normalized spacial score (nSPS) is 17.2. The van der Waals surface area contributed by atoms with Crippen molar-refractivity contribution in [1.29, 1.82) is 0 Å². The van der Waals surface area contributed by atoms with Gasteiger partial charge in [-0.2, -0.15) is 0 Å². The first-order chi connectivity index (χ1) is 28.9. The predicted molar refractivity (Wildman–Crippen MR) is 231 cm³/mol. The van der Waals surface area contributed by atoms with Crippen LogP contribution in [0.1, 0.15) is 66.6 Å². The molecule has 4 bridgehead atoms. The maximum Gasteiger partial charge on any atom is 0.326 e. The molecule has 318 valence electrons. The number of nitrogens with zero attached hydrogens (tertiary/aromatic N) is 1. The molecule has 0 aromatic heterocycles. The fourth-order valence-corrected chi connectivity index (χ4v) is 7.64. The number of nitrogens with one attached hydrogen (secondary N) is 1. The lowest BCUT2D eigenvalue weighted by Crippen LogP contribution is -2.45. The maximum absolute atomic E-state index is 14.9. The first-order valence-corrected chi connectivity index (χ1v) is 20.6. The molecule has 5 rings (SSSR count). The molecule has 14 heteroatoms. The third-order valence-electron chi connectivity index (χ3n) is 10.6. The average molecular weight is 840 g/mol. The molecule has 0 radical (unpaired) electrons. The summed E-state index contributed by atoms with van der Waals surface area (Å²) in [6.07, 6.45) is 1.00. The molecular formula is C46H54ClN5O8. The van der Waals surface area contributed by atoms with Crippen molar-refractivity contribution in [1.82, 2.24) is 10.2 Å². The van der Waals surface area contributed by atoms with Crippen molar-refractivity contribution in [3.05, 3.63) is 107 Å². The zero-order valence-electron chi connectivity index (χ0n) is 34.0. The topological polar surface area (TPSA) is 217 Å². The molecule has 0 saturated heterocycles. The highest BCUT2D eigenvalue weighted by atomic mass is 35.5. The van der Waals surface area contributed by atoms with E-state index in [0.29, 0.717) is 75.7 Å². The summed E-state index contributed by atoms with van der Waals surface area (Å²) in [5.41, 5.74) is 21.4. The molecule has 1 heterocycles. The molecule has 4 atom stereocenters. The van der Waals surface area contributed by atoms with Crippen molar-refractivity contribution in [3.63, 3.8) is 0 Å². The molecule has 1 aliphatic rings. The number of carboxylic acids is 1. The largest absolute Gasteiger partial charge is 0.492 e. The number of amides is 2. The number of halogens is 1. The summed E-state index contributed by atoms with van der Waals surface area (Å²) < 4.78 is 12.2. The number of ether oxygens (including phenoxy) is 2. The minimum atomic E-state index is -1.31. The SMILES string of the molecule is C[C@@H]1CC(=O)[C@@H](N(C)C(=O)[C@H](CCCCN)CC(=O)c2ccccc2-c2ccc(Cl)cc2)c2ccc(OCCN)c(c2)-c2cc(ccc2OCCN)C[C@@H](C(=O)O)NC1=O. The van der Waals surface area contributed by atoms with Crippen molar-refractivity contribution in [2.24, 2.45) is 29.0 Å². The zero-order valence-corrected chi connectivity index (χ0v) is 34.8. The number of aliphatic carboxylic acids is 1. The van der Waals surface area contributed by atoms with E-state index in [1.807, 2.05) is 24.3 Å². The second-order valence-corrected chi connectivity index (χ2v) is 15.5. The quantitative estimate of drug-likeness (QED) is 0.0653. The van der Waals surface area contributed by atoms with Gasteiger partial charge in [-0.15, -0.1) is 0 Å². The molecule has 13 nitrogen and oxygen atoms in total. The second-order valence-electron chi connectivity index (χ2n) is 15.0. The van der Waals surface area contributed by atoms with Gasteiger partial charge >= 0.3 is 5.97 Å². The van der Waals surface area contributed by atoms with E-state index in [9.17, 15) is 29.1 Å². The summed E-state index contributed by atoms with van der Waals surface area (Å²) in [7, 11) is 1.52. The van der Waals surface area contributed by atoms with Gasteiger partial charge in [-0.1, -0.05) is 73.5 Å². The van der Waals surface area contributed by atoms with Crippen LogP contribution >= 0.6 is 11.6 Å². The summed E-state index contributed by atoms with van der Waals surface area (Å²) in [5, 5.41) is 13.3. The van der Waals surface area contributed by atoms with Crippen LogP contribution in [0.5, 0.6) is 11.5 Å². The summed E-state index contributed by atoms with van der Waals surface area (Å²) in [4.78, 5) is 71.0. The average Bonchev–Trinajstić information content (AvgIpc) is 3.24.